The van der Waals surface area contributed by atoms with Crippen molar-refractivity contribution in [1.29, 1.82) is 0 Å². The molecule has 0 aliphatic rings. The Balaban J connectivity index is 1.77. The van der Waals surface area contributed by atoms with Crippen LogP contribution in [0.2, 0.25) is 0 Å². The lowest BCUT2D eigenvalue weighted by atomic mass is 10.2. The first-order valence-corrected chi connectivity index (χ1v) is 12.8. The number of hydrogen-bond acceptors (Lipinski definition) is 6. The van der Waals surface area contributed by atoms with E-state index >= 15 is 0 Å². The van der Waals surface area contributed by atoms with Crippen LogP contribution in [0, 0.1) is 13.8 Å². The van der Waals surface area contributed by atoms with E-state index in [0.29, 0.717) is 18.2 Å². The quantitative estimate of drug-likeness (QED) is 0.405. The number of rotatable bonds is 7. The molecule has 0 atom stereocenters. The van der Waals surface area contributed by atoms with Gasteiger partial charge in [0, 0.05) is 12.2 Å². The average molecular weight is 469 g/mol. The third-order valence-electron chi connectivity index (χ3n) is 5.23. The summed E-state index contributed by atoms with van der Waals surface area (Å²) in [5.41, 5.74) is 2.85. The van der Waals surface area contributed by atoms with Crippen molar-refractivity contribution in [1.82, 2.24) is 14.8 Å². The summed E-state index contributed by atoms with van der Waals surface area (Å²) < 4.78 is 28.1. The zero-order chi connectivity index (χ0) is 22.9. The van der Waals surface area contributed by atoms with Crippen molar-refractivity contribution in [2.45, 2.75) is 32.2 Å². The van der Waals surface area contributed by atoms with Gasteiger partial charge in [-0.15, -0.1) is 0 Å². The normalized spacial score (nSPS) is 11.7. The minimum absolute atomic E-state index is 0.0460. The number of nitrogens with zero attached hydrogens (tertiary/aromatic N) is 4. The van der Waals surface area contributed by atoms with E-state index in [9.17, 15) is 13.2 Å². The Labute approximate surface area is 191 Å². The second kappa shape index (κ2) is 8.84. The van der Waals surface area contributed by atoms with Crippen LogP contribution in [-0.4, -0.2) is 41.4 Å². The van der Waals surface area contributed by atoms with Gasteiger partial charge in [0.2, 0.25) is 0 Å². The van der Waals surface area contributed by atoms with Gasteiger partial charge >= 0.3 is 0 Å². The maximum atomic E-state index is 13.7. The van der Waals surface area contributed by atoms with Gasteiger partial charge in [0.15, 0.2) is 15.0 Å². The topological polar surface area (TPSA) is 85.2 Å². The van der Waals surface area contributed by atoms with Gasteiger partial charge in [0.25, 0.3) is 5.91 Å². The van der Waals surface area contributed by atoms with Gasteiger partial charge in [0.05, 0.1) is 38.7 Å². The van der Waals surface area contributed by atoms with E-state index in [1.54, 1.807) is 30.0 Å². The number of aryl methyl sites for hydroxylation is 2. The Morgan fingerprint density at radius 1 is 1.09 bits per heavy atom. The average Bonchev–Trinajstić information content (AvgIpc) is 3.35. The maximum absolute atomic E-state index is 13.7. The number of sulfone groups is 1. The molecule has 0 fully saturated rings. The Bertz CT molecular complexity index is 1360. The molecule has 2 aromatic heterocycles. The highest BCUT2D eigenvalue weighted by Gasteiger charge is 2.27. The van der Waals surface area contributed by atoms with E-state index in [-0.39, 0.29) is 16.2 Å². The fraction of sp³-hybridized carbons (Fsp3) is 0.261. The molecule has 0 saturated carbocycles. The van der Waals surface area contributed by atoms with Crippen molar-refractivity contribution in [2.24, 2.45) is 0 Å². The molecule has 0 bridgehead atoms. The third kappa shape index (κ3) is 4.31. The van der Waals surface area contributed by atoms with Gasteiger partial charge in [-0.1, -0.05) is 42.5 Å². The molecule has 2 heterocycles. The van der Waals surface area contributed by atoms with E-state index < -0.39 is 15.7 Å². The molecule has 0 aliphatic heterocycles. The van der Waals surface area contributed by atoms with Gasteiger partial charge < -0.3 is 0 Å². The highest BCUT2D eigenvalue weighted by atomic mass is 32.2. The molecule has 0 N–H and O–H groups in total. The molecule has 0 spiro atoms. The van der Waals surface area contributed by atoms with Crippen LogP contribution in [-0.2, 0) is 16.4 Å². The van der Waals surface area contributed by atoms with Crippen LogP contribution in [0.5, 0.6) is 0 Å². The molecule has 4 rings (SSSR count). The summed E-state index contributed by atoms with van der Waals surface area (Å²) in [6.45, 7) is 6.23. The number of carbonyl (C=O) groups excluding carboxylic acids is 1. The van der Waals surface area contributed by atoms with E-state index in [4.69, 9.17) is 0 Å². The van der Waals surface area contributed by atoms with Gasteiger partial charge in [-0.2, -0.15) is 5.10 Å². The van der Waals surface area contributed by atoms with E-state index in [1.807, 2.05) is 48.9 Å². The van der Waals surface area contributed by atoms with Gasteiger partial charge in [-0.3, -0.25) is 14.4 Å². The van der Waals surface area contributed by atoms with Crippen LogP contribution in [0.15, 0.2) is 59.5 Å². The minimum Gasteiger partial charge on any atom is -0.282 e. The van der Waals surface area contributed by atoms with Crippen LogP contribution < -0.4 is 4.90 Å². The highest BCUT2D eigenvalue weighted by molar-refractivity contribution is 7.91. The lowest BCUT2D eigenvalue weighted by molar-refractivity contribution is 0.0982. The summed E-state index contributed by atoms with van der Waals surface area (Å²) in [5, 5.41) is 5.02. The molecule has 1 amide bonds. The first-order valence-electron chi connectivity index (χ1n) is 10.3. The Kier molecular flexibility index (Phi) is 6.12. The second-order valence-corrected chi connectivity index (χ2v) is 10.7. The molecule has 4 aromatic rings. The number of benzene rings is 2. The highest BCUT2D eigenvalue weighted by Crippen LogP contribution is 2.30. The van der Waals surface area contributed by atoms with Crippen molar-refractivity contribution in [2.75, 3.05) is 17.2 Å². The molecule has 32 heavy (non-hydrogen) atoms. The molecule has 0 aliphatic carbocycles. The Morgan fingerprint density at radius 3 is 2.50 bits per heavy atom. The van der Waals surface area contributed by atoms with E-state index in [1.165, 1.54) is 17.4 Å². The number of aromatic nitrogens is 3. The van der Waals surface area contributed by atoms with Crippen LogP contribution in [0.25, 0.3) is 10.2 Å². The van der Waals surface area contributed by atoms with Gasteiger partial charge in [0.1, 0.15) is 0 Å². The summed E-state index contributed by atoms with van der Waals surface area (Å²) >= 11 is 1.41. The molecule has 7 nitrogen and oxygen atoms in total. The SMILES string of the molecule is CCS(=O)(=O)c1ccccc1C(=O)N(CCn1nc(C)cc1C)c1nc2ccccc2s1. The molecule has 166 valence electrons. The summed E-state index contributed by atoms with van der Waals surface area (Å²) in [5.74, 6) is -0.470. The zero-order valence-electron chi connectivity index (χ0n) is 18.1. The second-order valence-electron chi connectivity index (χ2n) is 7.47. The van der Waals surface area contributed by atoms with Crippen LogP contribution >= 0.6 is 11.3 Å². The van der Waals surface area contributed by atoms with Gasteiger partial charge in [-0.25, -0.2) is 13.4 Å². The number of hydrogen-bond donors (Lipinski definition) is 0. The van der Waals surface area contributed by atoms with Crippen molar-refractivity contribution in [3.8, 4) is 0 Å². The Morgan fingerprint density at radius 2 is 1.81 bits per heavy atom. The summed E-state index contributed by atoms with van der Waals surface area (Å²) in [7, 11) is -3.57. The monoisotopic (exact) mass is 468 g/mol. The van der Waals surface area contributed by atoms with Crippen molar-refractivity contribution >= 4 is 42.4 Å². The molecule has 2 aromatic carbocycles. The maximum Gasteiger partial charge on any atom is 0.261 e. The lowest BCUT2D eigenvalue weighted by Crippen LogP contribution is -2.35. The third-order valence-corrected chi connectivity index (χ3v) is 8.08. The molecule has 9 heteroatoms. The number of amides is 1. The largest absolute Gasteiger partial charge is 0.282 e. The first-order chi connectivity index (χ1) is 15.3. The predicted molar refractivity (Wildman–Crippen MR) is 127 cm³/mol. The summed E-state index contributed by atoms with van der Waals surface area (Å²) in [6.07, 6.45) is 0. The fourth-order valence-electron chi connectivity index (χ4n) is 3.57. The van der Waals surface area contributed by atoms with Crippen molar-refractivity contribution < 1.29 is 13.2 Å². The van der Waals surface area contributed by atoms with Crippen molar-refractivity contribution in [3.05, 3.63) is 71.5 Å². The predicted octanol–water partition coefficient (Wildman–Crippen LogP) is 4.25. The number of thiazole rings is 1. The number of para-hydroxylation sites is 1. The molecular formula is C23H24N4O3S2. The zero-order valence-corrected chi connectivity index (χ0v) is 19.8. The summed E-state index contributed by atoms with van der Waals surface area (Å²) in [4.78, 5) is 20.0. The van der Waals surface area contributed by atoms with Crippen LogP contribution in [0.1, 0.15) is 28.7 Å². The molecule has 0 radical (unpaired) electrons. The van der Waals surface area contributed by atoms with Gasteiger partial charge in [-0.05, 0) is 44.2 Å². The standard InChI is InChI=1S/C23H24N4O3S2/c1-4-32(29,30)21-12-8-5-9-18(21)22(28)26(13-14-27-17(3)15-16(2)25-27)23-24-19-10-6-7-11-20(19)31-23/h5-12,15H,4,13-14H2,1-3H3. The van der Waals surface area contributed by atoms with E-state index in [2.05, 4.69) is 10.1 Å². The number of fused-ring (bicyclic) bond motifs is 1. The fourth-order valence-corrected chi connectivity index (χ4v) is 5.65. The Hall–Kier alpha value is -3.04. The summed E-state index contributed by atoms with van der Waals surface area (Å²) in [6, 6.07) is 16.0. The smallest absolute Gasteiger partial charge is 0.261 e. The lowest BCUT2D eigenvalue weighted by Gasteiger charge is -2.21. The molecular weight excluding hydrogens is 444 g/mol. The van der Waals surface area contributed by atoms with Crippen LogP contribution in [0.3, 0.4) is 0 Å². The van der Waals surface area contributed by atoms with E-state index in [0.717, 1.165) is 21.6 Å². The van der Waals surface area contributed by atoms with Crippen molar-refractivity contribution in [3.63, 3.8) is 0 Å². The number of carbonyl (C=O) groups is 1. The first kappa shape index (κ1) is 22.2. The number of anilines is 1. The van der Waals surface area contributed by atoms with Crippen LogP contribution in [0.4, 0.5) is 5.13 Å². The minimum atomic E-state index is -3.57. The molecule has 0 saturated heterocycles. The molecule has 0 unspecified atom stereocenters.